The number of thiophene rings is 1. The van der Waals surface area contributed by atoms with E-state index in [1.54, 1.807) is 29.5 Å². The smallest absolute Gasteiger partial charge is 0.276 e. The van der Waals surface area contributed by atoms with Gasteiger partial charge in [-0.15, -0.1) is 28.8 Å². The molecule has 8 heteroatoms. The number of nitrogens with one attached hydrogen (secondary N) is 1. The quantitative estimate of drug-likeness (QED) is 0.923. The van der Waals surface area contributed by atoms with Crippen molar-refractivity contribution in [2.24, 2.45) is 0 Å². The Labute approximate surface area is 139 Å². The molecule has 0 aromatic carbocycles. The van der Waals surface area contributed by atoms with Gasteiger partial charge in [-0.2, -0.15) is 0 Å². The van der Waals surface area contributed by atoms with Crippen molar-refractivity contribution in [1.29, 1.82) is 0 Å². The minimum Gasteiger partial charge on any atom is -0.335 e. The van der Waals surface area contributed by atoms with E-state index in [1.807, 2.05) is 22.2 Å². The van der Waals surface area contributed by atoms with E-state index in [0.717, 1.165) is 30.8 Å². The number of amides is 1. The predicted octanol–water partition coefficient (Wildman–Crippen LogP) is 1.96. The number of carbonyl (C=O) groups is 1. The summed E-state index contributed by atoms with van der Waals surface area (Å²) in [7, 11) is 1.80. The standard InChI is InChI=1S/C14H19N5OS.ClH/c1-18(9-12-3-2-8-21-12)14(20)13-10-19(17-16-13)11-4-6-15-7-5-11;/h2-3,8,10-11,15H,4-7,9H2,1H3;1H. The molecule has 2 aromatic heterocycles. The van der Waals surface area contributed by atoms with E-state index in [1.165, 1.54) is 0 Å². The molecule has 0 unspecified atom stereocenters. The molecule has 1 fully saturated rings. The van der Waals surface area contributed by atoms with Crippen LogP contribution in [0.5, 0.6) is 0 Å². The van der Waals surface area contributed by atoms with Crippen molar-refractivity contribution >= 4 is 29.7 Å². The van der Waals surface area contributed by atoms with Gasteiger partial charge in [0.1, 0.15) is 0 Å². The van der Waals surface area contributed by atoms with Crippen molar-refractivity contribution in [2.45, 2.75) is 25.4 Å². The summed E-state index contributed by atoms with van der Waals surface area (Å²) in [6, 6.07) is 4.37. The summed E-state index contributed by atoms with van der Waals surface area (Å²) in [5, 5.41) is 13.5. The lowest BCUT2D eigenvalue weighted by Crippen LogP contribution is -2.29. The first kappa shape index (κ1) is 16.9. The molecule has 0 bridgehead atoms. The normalized spacial score (nSPS) is 15.3. The summed E-state index contributed by atoms with van der Waals surface area (Å²) in [5.41, 5.74) is 0.424. The van der Waals surface area contributed by atoms with Gasteiger partial charge in [0.05, 0.1) is 18.8 Å². The van der Waals surface area contributed by atoms with E-state index in [4.69, 9.17) is 0 Å². The molecule has 1 aliphatic heterocycles. The molecule has 1 amide bonds. The van der Waals surface area contributed by atoms with Gasteiger partial charge in [0.15, 0.2) is 5.69 Å². The van der Waals surface area contributed by atoms with Crippen LogP contribution in [-0.4, -0.2) is 45.9 Å². The second kappa shape index (κ2) is 7.71. The van der Waals surface area contributed by atoms with Crippen LogP contribution in [0, 0.1) is 0 Å². The molecule has 3 rings (SSSR count). The minimum absolute atomic E-state index is 0. The Morgan fingerprint density at radius 2 is 2.27 bits per heavy atom. The van der Waals surface area contributed by atoms with Crippen LogP contribution in [0.4, 0.5) is 0 Å². The monoisotopic (exact) mass is 341 g/mol. The fraction of sp³-hybridized carbons (Fsp3) is 0.500. The lowest BCUT2D eigenvalue weighted by atomic mass is 10.1. The van der Waals surface area contributed by atoms with Gasteiger partial charge >= 0.3 is 0 Å². The van der Waals surface area contributed by atoms with Crippen LogP contribution >= 0.6 is 23.7 Å². The second-order valence-corrected chi connectivity index (χ2v) is 6.34. The van der Waals surface area contributed by atoms with Gasteiger partial charge in [-0.3, -0.25) is 4.79 Å². The van der Waals surface area contributed by atoms with Crippen molar-refractivity contribution in [3.05, 3.63) is 34.3 Å². The largest absolute Gasteiger partial charge is 0.335 e. The van der Waals surface area contributed by atoms with E-state index < -0.39 is 0 Å². The molecular formula is C14H20ClN5OS. The third kappa shape index (κ3) is 3.85. The van der Waals surface area contributed by atoms with Crippen molar-refractivity contribution in [3.63, 3.8) is 0 Å². The predicted molar refractivity (Wildman–Crippen MR) is 88.5 cm³/mol. The first-order chi connectivity index (χ1) is 10.2. The molecule has 1 saturated heterocycles. The zero-order chi connectivity index (χ0) is 14.7. The lowest BCUT2D eigenvalue weighted by molar-refractivity contribution is 0.0780. The molecule has 22 heavy (non-hydrogen) atoms. The molecule has 0 aliphatic carbocycles. The second-order valence-electron chi connectivity index (χ2n) is 5.31. The number of piperidine rings is 1. The lowest BCUT2D eigenvalue weighted by Gasteiger charge is -2.22. The van der Waals surface area contributed by atoms with Crippen LogP contribution in [0.3, 0.4) is 0 Å². The zero-order valence-corrected chi connectivity index (χ0v) is 14.1. The van der Waals surface area contributed by atoms with Crippen molar-refractivity contribution in [1.82, 2.24) is 25.2 Å². The molecular weight excluding hydrogens is 322 g/mol. The van der Waals surface area contributed by atoms with Gasteiger partial charge < -0.3 is 10.2 Å². The van der Waals surface area contributed by atoms with Gasteiger partial charge in [-0.25, -0.2) is 4.68 Å². The maximum Gasteiger partial charge on any atom is 0.276 e. The number of rotatable bonds is 4. The highest BCUT2D eigenvalue weighted by atomic mass is 35.5. The summed E-state index contributed by atoms with van der Waals surface area (Å²) in [5.74, 6) is -0.0800. The fourth-order valence-corrected chi connectivity index (χ4v) is 3.29. The molecule has 3 heterocycles. The molecule has 2 aromatic rings. The molecule has 6 nitrogen and oxygen atoms in total. The molecule has 0 atom stereocenters. The van der Waals surface area contributed by atoms with E-state index >= 15 is 0 Å². The van der Waals surface area contributed by atoms with Crippen LogP contribution in [0.25, 0.3) is 0 Å². The minimum atomic E-state index is -0.0800. The molecule has 1 N–H and O–H groups in total. The summed E-state index contributed by atoms with van der Waals surface area (Å²) in [6.45, 7) is 2.59. The van der Waals surface area contributed by atoms with Gasteiger partial charge in [0.25, 0.3) is 5.91 Å². The molecule has 120 valence electrons. The highest BCUT2D eigenvalue weighted by molar-refractivity contribution is 7.09. The fourth-order valence-electron chi connectivity index (χ4n) is 2.53. The zero-order valence-electron chi connectivity index (χ0n) is 12.4. The summed E-state index contributed by atoms with van der Waals surface area (Å²) in [6.07, 6.45) is 3.84. The van der Waals surface area contributed by atoms with Gasteiger partial charge in [0, 0.05) is 11.9 Å². The Kier molecular flexibility index (Phi) is 5.93. The van der Waals surface area contributed by atoms with Crippen molar-refractivity contribution < 1.29 is 4.79 Å². The van der Waals surface area contributed by atoms with E-state index in [9.17, 15) is 4.79 Å². The third-order valence-corrected chi connectivity index (χ3v) is 4.59. The Morgan fingerprint density at radius 3 is 2.95 bits per heavy atom. The van der Waals surface area contributed by atoms with Crippen LogP contribution in [0.15, 0.2) is 23.7 Å². The van der Waals surface area contributed by atoms with Crippen LogP contribution < -0.4 is 5.32 Å². The number of nitrogens with zero attached hydrogens (tertiary/aromatic N) is 4. The van der Waals surface area contributed by atoms with Gasteiger partial charge in [0.2, 0.25) is 0 Å². The number of hydrogen-bond donors (Lipinski definition) is 1. The van der Waals surface area contributed by atoms with Crippen LogP contribution in [0.2, 0.25) is 0 Å². The molecule has 0 radical (unpaired) electrons. The summed E-state index contributed by atoms with van der Waals surface area (Å²) >= 11 is 1.65. The Balaban J connectivity index is 0.00000176. The number of carbonyl (C=O) groups excluding carboxylic acids is 1. The topological polar surface area (TPSA) is 63.1 Å². The first-order valence-corrected chi connectivity index (χ1v) is 8.02. The molecule has 0 saturated carbocycles. The average Bonchev–Trinajstić information content (AvgIpc) is 3.18. The SMILES string of the molecule is CN(Cc1cccs1)C(=O)c1cn(C2CCNCC2)nn1.Cl. The highest BCUT2D eigenvalue weighted by Gasteiger charge is 2.20. The Hall–Kier alpha value is -1.44. The third-order valence-electron chi connectivity index (χ3n) is 3.73. The van der Waals surface area contributed by atoms with Gasteiger partial charge in [-0.05, 0) is 37.4 Å². The van der Waals surface area contributed by atoms with Crippen molar-refractivity contribution in [2.75, 3.05) is 20.1 Å². The molecule has 0 spiro atoms. The highest BCUT2D eigenvalue weighted by Crippen LogP contribution is 2.18. The maximum absolute atomic E-state index is 12.4. The first-order valence-electron chi connectivity index (χ1n) is 7.14. The number of hydrogen-bond acceptors (Lipinski definition) is 5. The Bertz CT molecular complexity index is 594. The summed E-state index contributed by atoms with van der Waals surface area (Å²) in [4.78, 5) is 15.2. The number of halogens is 1. The Morgan fingerprint density at radius 1 is 1.50 bits per heavy atom. The van der Waals surface area contributed by atoms with E-state index in [0.29, 0.717) is 18.3 Å². The molecule has 1 aliphatic rings. The maximum atomic E-state index is 12.4. The van der Waals surface area contributed by atoms with Crippen LogP contribution in [-0.2, 0) is 6.54 Å². The van der Waals surface area contributed by atoms with Gasteiger partial charge in [-0.1, -0.05) is 11.3 Å². The van der Waals surface area contributed by atoms with E-state index in [-0.39, 0.29) is 18.3 Å². The van der Waals surface area contributed by atoms with Crippen molar-refractivity contribution in [3.8, 4) is 0 Å². The van der Waals surface area contributed by atoms with E-state index in [2.05, 4.69) is 15.6 Å². The van der Waals surface area contributed by atoms with Crippen LogP contribution in [0.1, 0.15) is 34.2 Å². The average molecular weight is 342 g/mol. The summed E-state index contributed by atoms with van der Waals surface area (Å²) < 4.78 is 1.84. The number of aromatic nitrogens is 3.